The molecule has 6 nitrogen and oxygen atoms in total. The fourth-order valence-electron chi connectivity index (χ4n) is 3.70. The second kappa shape index (κ2) is 4.58. The summed E-state index contributed by atoms with van der Waals surface area (Å²) >= 11 is 0. The number of aromatic nitrogens is 2. The number of H-pyrrole nitrogens is 1. The molecule has 1 aromatic rings. The Morgan fingerprint density at radius 2 is 1.78 bits per heavy atom. The second-order valence-corrected chi connectivity index (χ2v) is 8.25. The zero-order valence-corrected chi connectivity index (χ0v) is 14.1. The van der Waals surface area contributed by atoms with Crippen molar-refractivity contribution in [1.29, 1.82) is 0 Å². The van der Waals surface area contributed by atoms with Gasteiger partial charge in [-0.1, -0.05) is 20.8 Å². The summed E-state index contributed by atoms with van der Waals surface area (Å²) in [5.74, 6) is 0.640. The molecule has 23 heavy (non-hydrogen) atoms. The van der Waals surface area contributed by atoms with Crippen LogP contribution in [0, 0.1) is 10.8 Å². The van der Waals surface area contributed by atoms with Crippen molar-refractivity contribution >= 4 is 11.8 Å². The summed E-state index contributed by atoms with van der Waals surface area (Å²) in [6.45, 7) is 9.31. The first-order valence-electron chi connectivity index (χ1n) is 8.46. The number of amides is 2. The first-order chi connectivity index (χ1) is 10.8. The number of aromatic amines is 1. The molecule has 2 aliphatic heterocycles. The van der Waals surface area contributed by atoms with Crippen LogP contribution in [0.2, 0.25) is 0 Å². The van der Waals surface area contributed by atoms with E-state index < -0.39 is 0 Å². The molecule has 1 saturated carbocycles. The maximum atomic E-state index is 12.4. The van der Waals surface area contributed by atoms with Gasteiger partial charge < -0.3 is 9.80 Å². The fraction of sp³-hybridized carbons (Fsp3) is 0.706. The van der Waals surface area contributed by atoms with Gasteiger partial charge in [0.25, 0.3) is 5.91 Å². The fourth-order valence-corrected chi connectivity index (χ4v) is 3.70. The number of likely N-dealkylation sites (tertiary alicyclic amines) is 2. The normalized spacial score (nSPS) is 23.7. The van der Waals surface area contributed by atoms with Crippen LogP contribution in [0.15, 0.2) is 6.07 Å². The Bertz CT molecular complexity index is 660. The summed E-state index contributed by atoms with van der Waals surface area (Å²) < 4.78 is 0. The largest absolute Gasteiger partial charge is 0.341 e. The van der Waals surface area contributed by atoms with Gasteiger partial charge in [0.05, 0.1) is 0 Å². The second-order valence-electron chi connectivity index (χ2n) is 8.25. The zero-order chi connectivity index (χ0) is 16.4. The average molecular weight is 316 g/mol. The average Bonchev–Trinajstić information content (AvgIpc) is 2.99. The van der Waals surface area contributed by atoms with Crippen LogP contribution in [0.3, 0.4) is 0 Å². The zero-order valence-electron chi connectivity index (χ0n) is 14.1. The van der Waals surface area contributed by atoms with Crippen molar-refractivity contribution in [1.82, 2.24) is 20.0 Å². The molecule has 1 N–H and O–H groups in total. The number of nitrogens with zero attached hydrogens (tertiary/aromatic N) is 3. The van der Waals surface area contributed by atoms with E-state index in [4.69, 9.17) is 0 Å². The van der Waals surface area contributed by atoms with Gasteiger partial charge in [-0.2, -0.15) is 5.10 Å². The smallest absolute Gasteiger partial charge is 0.274 e. The predicted molar refractivity (Wildman–Crippen MR) is 84.9 cm³/mol. The molecule has 6 heteroatoms. The van der Waals surface area contributed by atoms with E-state index in [0.717, 1.165) is 44.7 Å². The van der Waals surface area contributed by atoms with E-state index in [1.165, 1.54) is 0 Å². The van der Waals surface area contributed by atoms with Gasteiger partial charge in [-0.05, 0) is 24.8 Å². The Balaban J connectivity index is 1.31. The van der Waals surface area contributed by atoms with Crippen LogP contribution >= 0.6 is 0 Å². The molecule has 4 rings (SSSR count). The number of nitrogens with one attached hydrogen (secondary N) is 1. The van der Waals surface area contributed by atoms with Gasteiger partial charge in [0.1, 0.15) is 5.69 Å². The van der Waals surface area contributed by atoms with Crippen LogP contribution in [0.1, 0.15) is 55.7 Å². The molecule has 1 aromatic heterocycles. The molecule has 0 unspecified atom stereocenters. The molecule has 0 bridgehead atoms. The lowest BCUT2D eigenvalue weighted by molar-refractivity contribution is -0.159. The highest BCUT2D eigenvalue weighted by molar-refractivity contribution is 5.93. The number of carbonyl (C=O) groups is 2. The summed E-state index contributed by atoms with van der Waals surface area (Å²) in [7, 11) is 0. The van der Waals surface area contributed by atoms with E-state index in [-0.39, 0.29) is 16.7 Å². The van der Waals surface area contributed by atoms with Gasteiger partial charge in [0, 0.05) is 42.7 Å². The lowest BCUT2D eigenvalue weighted by atomic mass is 9.72. The number of rotatable bonds is 3. The summed E-state index contributed by atoms with van der Waals surface area (Å²) in [6.07, 6.45) is 2.05. The van der Waals surface area contributed by atoms with E-state index in [1.807, 2.05) is 15.9 Å². The van der Waals surface area contributed by atoms with Crippen molar-refractivity contribution in [3.05, 3.63) is 17.5 Å². The Kier molecular flexibility index (Phi) is 2.93. The van der Waals surface area contributed by atoms with Gasteiger partial charge in [-0.3, -0.25) is 14.7 Å². The van der Waals surface area contributed by atoms with Crippen LogP contribution in [-0.2, 0) is 4.79 Å². The van der Waals surface area contributed by atoms with E-state index >= 15 is 0 Å². The topological polar surface area (TPSA) is 69.3 Å². The van der Waals surface area contributed by atoms with Gasteiger partial charge in [0.2, 0.25) is 5.91 Å². The van der Waals surface area contributed by atoms with Crippen molar-refractivity contribution in [2.24, 2.45) is 10.8 Å². The van der Waals surface area contributed by atoms with Crippen LogP contribution in [-0.4, -0.2) is 58.0 Å². The Hall–Kier alpha value is -1.85. The number of hydrogen-bond donors (Lipinski definition) is 1. The maximum absolute atomic E-state index is 12.4. The minimum atomic E-state index is -0.0802. The van der Waals surface area contributed by atoms with E-state index in [2.05, 4.69) is 31.0 Å². The minimum Gasteiger partial charge on any atom is -0.341 e. The minimum absolute atomic E-state index is 0.00212. The van der Waals surface area contributed by atoms with Gasteiger partial charge in [0.15, 0.2) is 0 Å². The standard InChI is InChI=1S/C17H24N4O2/c1-11(2)12-6-13(19-18-12)14(22)20-7-17(8-20)9-21(10-17)15(23)16(3)4-5-16/h6,11H,4-5,7-10H2,1-3H3,(H,18,19). The number of carbonyl (C=O) groups excluding carboxylic acids is 2. The molecule has 2 saturated heterocycles. The molecule has 2 amide bonds. The molecule has 3 fully saturated rings. The highest BCUT2D eigenvalue weighted by atomic mass is 16.2. The Morgan fingerprint density at radius 1 is 1.17 bits per heavy atom. The molecule has 0 radical (unpaired) electrons. The van der Waals surface area contributed by atoms with Crippen molar-refractivity contribution in [3.63, 3.8) is 0 Å². The molecule has 0 atom stereocenters. The third-order valence-corrected chi connectivity index (χ3v) is 5.63. The van der Waals surface area contributed by atoms with Crippen LogP contribution in [0.5, 0.6) is 0 Å². The molecule has 124 valence electrons. The SMILES string of the molecule is CC(C)c1cc(C(=O)N2CC3(C2)CN(C(=O)C2(C)CC2)C3)n[nH]1. The van der Waals surface area contributed by atoms with E-state index in [1.54, 1.807) is 0 Å². The molecule has 1 aliphatic carbocycles. The summed E-state index contributed by atoms with van der Waals surface area (Å²) in [5, 5.41) is 7.07. The summed E-state index contributed by atoms with van der Waals surface area (Å²) in [4.78, 5) is 28.5. The molecular formula is C17H24N4O2. The molecule has 0 aromatic carbocycles. The molecular weight excluding hydrogens is 292 g/mol. The molecule has 3 heterocycles. The Morgan fingerprint density at radius 3 is 2.30 bits per heavy atom. The lowest BCUT2D eigenvalue weighted by Gasteiger charge is -2.60. The molecule has 1 spiro atoms. The van der Waals surface area contributed by atoms with Gasteiger partial charge >= 0.3 is 0 Å². The maximum Gasteiger partial charge on any atom is 0.274 e. The summed E-state index contributed by atoms with van der Waals surface area (Å²) in [6, 6.07) is 1.85. The van der Waals surface area contributed by atoms with Crippen molar-refractivity contribution < 1.29 is 9.59 Å². The van der Waals surface area contributed by atoms with E-state index in [9.17, 15) is 9.59 Å². The first kappa shape index (κ1) is 14.7. The molecule has 3 aliphatic rings. The third-order valence-electron chi connectivity index (χ3n) is 5.63. The van der Waals surface area contributed by atoms with Crippen LogP contribution < -0.4 is 0 Å². The van der Waals surface area contributed by atoms with Crippen LogP contribution in [0.4, 0.5) is 0 Å². The highest BCUT2D eigenvalue weighted by Gasteiger charge is 2.58. The van der Waals surface area contributed by atoms with Crippen molar-refractivity contribution in [3.8, 4) is 0 Å². The third kappa shape index (κ3) is 2.26. The lowest BCUT2D eigenvalue weighted by Crippen LogP contribution is -2.74. The quantitative estimate of drug-likeness (QED) is 0.921. The Labute approximate surface area is 136 Å². The summed E-state index contributed by atoms with van der Waals surface area (Å²) in [5.41, 5.74) is 1.56. The monoisotopic (exact) mass is 316 g/mol. The number of hydrogen-bond acceptors (Lipinski definition) is 3. The van der Waals surface area contributed by atoms with Crippen molar-refractivity contribution in [2.75, 3.05) is 26.2 Å². The van der Waals surface area contributed by atoms with Gasteiger partial charge in [-0.15, -0.1) is 0 Å². The first-order valence-corrected chi connectivity index (χ1v) is 8.46. The van der Waals surface area contributed by atoms with E-state index in [0.29, 0.717) is 17.5 Å². The highest BCUT2D eigenvalue weighted by Crippen LogP contribution is 2.50. The van der Waals surface area contributed by atoms with Crippen LogP contribution in [0.25, 0.3) is 0 Å². The predicted octanol–water partition coefficient (Wildman–Crippen LogP) is 1.62. The van der Waals surface area contributed by atoms with Gasteiger partial charge in [-0.25, -0.2) is 0 Å². The van der Waals surface area contributed by atoms with Crippen molar-refractivity contribution in [2.45, 2.75) is 39.5 Å².